The van der Waals surface area contributed by atoms with Gasteiger partial charge in [-0.15, -0.1) is 0 Å². The Morgan fingerprint density at radius 1 is 1.06 bits per heavy atom. The molecule has 1 rings (SSSR count). The van der Waals surface area contributed by atoms with Crippen molar-refractivity contribution >= 4 is 5.97 Å². The van der Waals surface area contributed by atoms with E-state index in [1.807, 2.05) is 31.2 Å². The van der Waals surface area contributed by atoms with Crippen LogP contribution in [0.4, 0.5) is 0 Å². The van der Waals surface area contributed by atoms with Crippen LogP contribution in [-0.4, -0.2) is 12.1 Å². The van der Waals surface area contributed by atoms with E-state index >= 15 is 0 Å². The van der Waals surface area contributed by atoms with Gasteiger partial charge in [-0.25, -0.2) is 4.79 Å². The quantitative estimate of drug-likeness (QED) is 0.722. The lowest BCUT2D eigenvalue weighted by molar-refractivity contribution is 0.0299. The normalized spacial score (nSPS) is 12.8. The minimum absolute atomic E-state index is 0.0257. The molecule has 2 nitrogen and oxygen atoms in total. The summed E-state index contributed by atoms with van der Waals surface area (Å²) in [6, 6.07) is 7.68. The van der Waals surface area contributed by atoms with Crippen molar-refractivity contribution in [3.8, 4) is 0 Å². The number of carbonyl (C=O) groups excluding carboxylic acids is 1. The Morgan fingerprint density at radius 2 is 1.61 bits per heavy atom. The maximum absolute atomic E-state index is 11.9. The lowest BCUT2D eigenvalue weighted by Gasteiger charge is -2.15. The summed E-state index contributed by atoms with van der Waals surface area (Å²) >= 11 is 0. The molecule has 0 saturated heterocycles. The van der Waals surface area contributed by atoms with Crippen LogP contribution in [0.15, 0.2) is 24.3 Å². The van der Waals surface area contributed by atoms with Crippen molar-refractivity contribution in [2.75, 3.05) is 0 Å². The van der Waals surface area contributed by atoms with Crippen LogP contribution in [0.2, 0.25) is 0 Å². The standard InChI is InChI=1S/C16H24O2/c1-11(2)10-13(5)18-16(17)15-8-6-14(7-9-15)12(3)4/h6-9,11-13H,10H2,1-5H3/t13-/m0/s1. The zero-order valence-electron chi connectivity index (χ0n) is 12.1. The summed E-state index contributed by atoms with van der Waals surface area (Å²) in [6.45, 7) is 10.5. The Labute approximate surface area is 110 Å². The predicted molar refractivity (Wildman–Crippen MR) is 74.9 cm³/mol. The first kappa shape index (κ1) is 14.7. The molecule has 0 aromatic heterocycles. The first-order valence-electron chi connectivity index (χ1n) is 6.71. The summed E-state index contributed by atoms with van der Waals surface area (Å²) in [5.74, 6) is 0.796. The highest BCUT2D eigenvalue weighted by Crippen LogP contribution is 2.16. The van der Waals surface area contributed by atoms with Crippen molar-refractivity contribution in [2.24, 2.45) is 5.92 Å². The van der Waals surface area contributed by atoms with Crippen molar-refractivity contribution in [1.29, 1.82) is 0 Å². The SMILES string of the molecule is CC(C)C[C@H](C)OC(=O)c1ccc(C(C)C)cc1. The van der Waals surface area contributed by atoms with E-state index in [1.165, 1.54) is 5.56 Å². The van der Waals surface area contributed by atoms with Crippen molar-refractivity contribution < 1.29 is 9.53 Å². The van der Waals surface area contributed by atoms with Crippen LogP contribution >= 0.6 is 0 Å². The van der Waals surface area contributed by atoms with Gasteiger partial charge in [-0.3, -0.25) is 0 Å². The Kier molecular flexibility index (Phi) is 5.39. The average Bonchev–Trinajstić information content (AvgIpc) is 2.27. The summed E-state index contributed by atoms with van der Waals surface area (Å²) in [7, 11) is 0. The lowest BCUT2D eigenvalue weighted by atomic mass is 10.0. The van der Waals surface area contributed by atoms with Crippen LogP contribution in [0.25, 0.3) is 0 Å². The van der Waals surface area contributed by atoms with Gasteiger partial charge in [0.2, 0.25) is 0 Å². The highest BCUT2D eigenvalue weighted by molar-refractivity contribution is 5.89. The summed E-state index contributed by atoms with van der Waals surface area (Å²) < 4.78 is 5.41. The molecule has 0 aliphatic heterocycles. The van der Waals surface area contributed by atoms with E-state index in [-0.39, 0.29) is 12.1 Å². The molecule has 0 bridgehead atoms. The Morgan fingerprint density at radius 3 is 2.06 bits per heavy atom. The molecule has 18 heavy (non-hydrogen) atoms. The topological polar surface area (TPSA) is 26.3 Å². The zero-order valence-corrected chi connectivity index (χ0v) is 12.1. The van der Waals surface area contributed by atoms with Gasteiger partial charge in [0.05, 0.1) is 11.7 Å². The van der Waals surface area contributed by atoms with Gasteiger partial charge in [-0.05, 0) is 42.9 Å². The third-order valence-electron chi connectivity index (χ3n) is 2.92. The molecule has 2 heteroatoms. The molecule has 0 aliphatic rings. The van der Waals surface area contributed by atoms with E-state index in [0.29, 0.717) is 17.4 Å². The van der Waals surface area contributed by atoms with E-state index in [2.05, 4.69) is 27.7 Å². The Balaban J connectivity index is 2.61. The highest BCUT2D eigenvalue weighted by Gasteiger charge is 2.13. The lowest BCUT2D eigenvalue weighted by Crippen LogP contribution is -2.17. The van der Waals surface area contributed by atoms with Crippen molar-refractivity contribution in [3.63, 3.8) is 0 Å². The van der Waals surface area contributed by atoms with Gasteiger partial charge in [0.25, 0.3) is 0 Å². The first-order chi connectivity index (χ1) is 8.40. The second kappa shape index (κ2) is 6.58. The summed E-state index contributed by atoms with van der Waals surface area (Å²) in [4.78, 5) is 11.9. The molecule has 100 valence electrons. The smallest absolute Gasteiger partial charge is 0.338 e. The first-order valence-corrected chi connectivity index (χ1v) is 6.71. The van der Waals surface area contributed by atoms with E-state index in [1.54, 1.807) is 0 Å². The summed E-state index contributed by atoms with van der Waals surface area (Å²) in [5.41, 5.74) is 1.87. The second-order valence-corrected chi connectivity index (χ2v) is 5.62. The van der Waals surface area contributed by atoms with Gasteiger partial charge < -0.3 is 4.74 Å². The van der Waals surface area contributed by atoms with Crippen molar-refractivity contribution in [2.45, 2.75) is 53.1 Å². The number of carbonyl (C=O) groups is 1. The minimum atomic E-state index is -0.224. The molecule has 0 spiro atoms. The van der Waals surface area contributed by atoms with E-state index in [9.17, 15) is 4.79 Å². The average molecular weight is 248 g/mol. The monoisotopic (exact) mass is 248 g/mol. The molecule has 1 atom stereocenters. The third-order valence-corrected chi connectivity index (χ3v) is 2.92. The highest BCUT2D eigenvalue weighted by atomic mass is 16.5. The van der Waals surface area contributed by atoms with Crippen LogP contribution in [0.1, 0.15) is 62.9 Å². The van der Waals surface area contributed by atoms with E-state index in [0.717, 1.165) is 6.42 Å². The molecular formula is C16H24O2. The molecule has 0 N–H and O–H groups in total. The fourth-order valence-electron chi connectivity index (χ4n) is 1.97. The third kappa shape index (κ3) is 4.52. The molecular weight excluding hydrogens is 224 g/mol. The maximum atomic E-state index is 11.9. The molecule has 0 fully saturated rings. The van der Waals surface area contributed by atoms with Gasteiger partial charge in [0, 0.05) is 0 Å². The summed E-state index contributed by atoms with van der Waals surface area (Å²) in [6.07, 6.45) is 0.873. The molecule has 0 amide bonds. The molecule has 1 aromatic carbocycles. The predicted octanol–water partition coefficient (Wildman–Crippen LogP) is 4.40. The number of benzene rings is 1. The van der Waals surface area contributed by atoms with Gasteiger partial charge >= 0.3 is 5.97 Å². The summed E-state index contributed by atoms with van der Waals surface area (Å²) in [5, 5.41) is 0. The number of ether oxygens (including phenoxy) is 1. The number of esters is 1. The van der Waals surface area contributed by atoms with Crippen LogP contribution in [0.5, 0.6) is 0 Å². The Hall–Kier alpha value is -1.31. The molecule has 1 aromatic rings. The van der Waals surface area contributed by atoms with Gasteiger partial charge in [-0.2, -0.15) is 0 Å². The fraction of sp³-hybridized carbons (Fsp3) is 0.562. The van der Waals surface area contributed by atoms with Crippen LogP contribution < -0.4 is 0 Å². The molecule has 0 heterocycles. The van der Waals surface area contributed by atoms with Crippen molar-refractivity contribution in [1.82, 2.24) is 0 Å². The van der Waals surface area contributed by atoms with E-state index in [4.69, 9.17) is 4.74 Å². The van der Waals surface area contributed by atoms with Crippen LogP contribution in [-0.2, 0) is 4.74 Å². The number of hydrogen-bond donors (Lipinski definition) is 0. The maximum Gasteiger partial charge on any atom is 0.338 e. The number of hydrogen-bond acceptors (Lipinski definition) is 2. The molecule has 0 aliphatic carbocycles. The largest absolute Gasteiger partial charge is 0.459 e. The van der Waals surface area contributed by atoms with Gasteiger partial charge in [0.1, 0.15) is 0 Å². The van der Waals surface area contributed by atoms with Crippen molar-refractivity contribution in [3.05, 3.63) is 35.4 Å². The fourth-order valence-corrected chi connectivity index (χ4v) is 1.97. The Bertz CT molecular complexity index is 377. The van der Waals surface area contributed by atoms with Crippen LogP contribution in [0, 0.1) is 5.92 Å². The van der Waals surface area contributed by atoms with Gasteiger partial charge in [0.15, 0.2) is 0 Å². The minimum Gasteiger partial charge on any atom is -0.459 e. The number of rotatable bonds is 5. The zero-order chi connectivity index (χ0) is 13.7. The molecule has 0 radical (unpaired) electrons. The molecule has 0 unspecified atom stereocenters. The van der Waals surface area contributed by atoms with E-state index < -0.39 is 0 Å². The van der Waals surface area contributed by atoms with Gasteiger partial charge in [-0.1, -0.05) is 39.8 Å². The van der Waals surface area contributed by atoms with Crippen LogP contribution in [0.3, 0.4) is 0 Å². The molecule has 0 saturated carbocycles. The second-order valence-electron chi connectivity index (χ2n) is 5.62.